The van der Waals surface area contributed by atoms with E-state index in [0.29, 0.717) is 6.07 Å². The van der Waals surface area contributed by atoms with Crippen LogP contribution in [-0.2, 0) is 14.8 Å². The molecular formula is C10H10BrF2NO4S. The van der Waals surface area contributed by atoms with E-state index in [0.717, 1.165) is 6.07 Å². The summed E-state index contributed by atoms with van der Waals surface area (Å²) in [6, 6.07) is -0.207. The minimum Gasteiger partial charge on any atom is -0.480 e. The fraction of sp³-hybridized carbons (Fsp3) is 0.300. The maximum Gasteiger partial charge on any atom is 0.321 e. The molecule has 0 saturated carbocycles. The second kappa shape index (κ2) is 5.93. The summed E-state index contributed by atoms with van der Waals surface area (Å²) in [5, 5.41) is 8.77. The van der Waals surface area contributed by atoms with E-state index in [1.54, 1.807) is 0 Å². The van der Waals surface area contributed by atoms with Gasteiger partial charge < -0.3 is 5.11 Å². The van der Waals surface area contributed by atoms with Crippen molar-refractivity contribution >= 4 is 31.9 Å². The summed E-state index contributed by atoms with van der Waals surface area (Å²) in [5.41, 5.74) is 0. The fourth-order valence-electron chi connectivity index (χ4n) is 1.34. The number of halogens is 3. The van der Waals surface area contributed by atoms with Gasteiger partial charge in [0.1, 0.15) is 22.6 Å². The molecule has 0 aliphatic rings. The lowest BCUT2D eigenvalue weighted by Gasteiger charge is -2.14. The maximum absolute atomic E-state index is 13.5. The molecule has 0 spiro atoms. The summed E-state index contributed by atoms with van der Waals surface area (Å²) >= 11 is 2.74. The summed E-state index contributed by atoms with van der Waals surface area (Å²) in [4.78, 5) is 9.95. The molecule has 1 aromatic carbocycles. The molecule has 1 atom stereocenters. The Labute approximate surface area is 116 Å². The number of carbonyl (C=O) groups is 1. The number of nitrogens with one attached hydrogen (secondary N) is 1. The minimum absolute atomic E-state index is 0.0189. The SMILES string of the molecule is CCC(NS(=O)(=O)c1c(F)cc(F)cc1Br)C(=O)O. The number of rotatable bonds is 5. The first-order valence-corrected chi connectivity index (χ1v) is 7.36. The second-order valence-electron chi connectivity index (χ2n) is 3.62. The smallest absolute Gasteiger partial charge is 0.321 e. The Morgan fingerprint density at radius 2 is 2.05 bits per heavy atom. The summed E-state index contributed by atoms with van der Waals surface area (Å²) in [6.45, 7) is 1.46. The first-order chi connectivity index (χ1) is 8.69. The van der Waals surface area contributed by atoms with Crippen LogP contribution in [0.25, 0.3) is 0 Å². The lowest BCUT2D eigenvalue weighted by Crippen LogP contribution is -2.40. The van der Waals surface area contributed by atoms with Crippen LogP contribution in [-0.4, -0.2) is 25.5 Å². The topological polar surface area (TPSA) is 83.5 Å². The van der Waals surface area contributed by atoms with Gasteiger partial charge in [-0.1, -0.05) is 6.92 Å². The molecule has 0 heterocycles. The third-order valence-electron chi connectivity index (χ3n) is 2.24. The van der Waals surface area contributed by atoms with Crippen LogP contribution in [0.15, 0.2) is 21.5 Å². The van der Waals surface area contributed by atoms with Gasteiger partial charge in [0.25, 0.3) is 0 Å². The standard InChI is InChI=1S/C10H10BrF2NO4S/c1-2-8(10(15)16)14-19(17,18)9-6(11)3-5(12)4-7(9)13/h3-4,8,14H,2H2,1H3,(H,15,16). The largest absolute Gasteiger partial charge is 0.480 e. The van der Waals surface area contributed by atoms with Gasteiger partial charge >= 0.3 is 5.97 Å². The summed E-state index contributed by atoms with van der Waals surface area (Å²) in [6.07, 6.45) is -0.0189. The molecule has 106 valence electrons. The molecule has 5 nitrogen and oxygen atoms in total. The quantitative estimate of drug-likeness (QED) is 0.842. The van der Waals surface area contributed by atoms with Crippen LogP contribution >= 0.6 is 15.9 Å². The lowest BCUT2D eigenvalue weighted by atomic mass is 10.2. The molecule has 1 aromatic rings. The molecule has 0 radical (unpaired) electrons. The molecule has 0 fully saturated rings. The summed E-state index contributed by atoms with van der Waals surface area (Å²) in [5.74, 6) is -3.64. The van der Waals surface area contributed by atoms with E-state index in [-0.39, 0.29) is 10.9 Å². The summed E-state index contributed by atoms with van der Waals surface area (Å²) < 4.78 is 51.7. The van der Waals surface area contributed by atoms with Crippen LogP contribution in [0.3, 0.4) is 0 Å². The Kier molecular flexibility index (Phi) is 4.99. The highest BCUT2D eigenvalue weighted by Crippen LogP contribution is 2.26. The second-order valence-corrected chi connectivity index (χ2v) is 6.12. The Hall–Kier alpha value is -1.06. The molecule has 1 rings (SSSR count). The predicted molar refractivity (Wildman–Crippen MR) is 66.1 cm³/mol. The van der Waals surface area contributed by atoms with E-state index < -0.39 is 38.6 Å². The van der Waals surface area contributed by atoms with Crippen molar-refractivity contribution in [1.29, 1.82) is 0 Å². The number of benzene rings is 1. The average Bonchev–Trinajstić information content (AvgIpc) is 2.23. The van der Waals surface area contributed by atoms with Crippen molar-refractivity contribution in [2.45, 2.75) is 24.3 Å². The zero-order chi connectivity index (χ0) is 14.8. The molecule has 0 amide bonds. The zero-order valence-corrected chi connectivity index (χ0v) is 12.1. The van der Waals surface area contributed by atoms with Gasteiger partial charge in [-0.3, -0.25) is 4.79 Å². The van der Waals surface area contributed by atoms with Crippen molar-refractivity contribution in [3.63, 3.8) is 0 Å². The Bertz CT molecular complexity index is 583. The number of carboxylic acids is 1. The lowest BCUT2D eigenvalue weighted by molar-refractivity contribution is -0.139. The van der Waals surface area contributed by atoms with E-state index in [9.17, 15) is 22.0 Å². The highest BCUT2D eigenvalue weighted by Gasteiger charge is 2.28. The van der Waals surface area contributed by atoms with Gasteiger partial charge in [-0.25, -0.2) is 17.2 Å². The van der Waals surface area contributed by atoms with Crippen LogP contribution in [0.4, 0.5) is 8.78 Å². The number of hydrogen-bond acceptors (Lipinski definition) is 3. The van der Waals surface area contributed by atoms with Crippen molar-refractivity contribution in [2.75, 3.05) is 0 Å². The molecule has 0 bridgehead atoms. The first kappa shape index (κ1) is 16.0. The van der Waals surface area contributed by atoms with Gasteiger partial charge in [0.15, 0.2) is 0 Å². The molecule has 0 aliphatic carbocycles. The van der Waals surface area contributed by atoms with E-state index in [2.05, 4.69) is 15.9 Å². The van der Waals surface area contributed by atoms with Crippen molar-refractivity contribution < 1.29 is 27.1 Å². The van der Waals surface area contributed by atoms with Crippen LogP contribution in [0.2, 0.25) is 0 Å². The molecule has 0 aliphatic heterocycles. The Morgan fingerprint density at radius 3 is 2.47 bits per heavy atom. The van der Waals surface area contributed by atoms with Gasteiger partial charge in [-0.2, -0.15) is 4.72 Å². The number of carboxylic acid groups (broad SMARTS) is 1. The molecule has 0 aromatic heterocycles. The van der Waals surface area contributed by atoms with Gasteiger partial charge in [0.2, 0.25) is 10.0 Å². The van der Waals surface area contributed by atoms with Gasteiger partial charge in [0, 0.05) is 10.5 Å². The van der Waals surface area contributed by atoms with Gasteiger partial charge in [-0.15, -0.1) is 0 Å². The normalized spacial score (nSPS) is 13.3. The molecular weight excluding hydrogens is 348 g/mol. The molecule has 1 unspecified atom stereocenters. The third kappa shape index (κ3) is 3.71. The first-order valence-electron chi connectivity index (χ1n) is 5.08. The van der Waals surface area contributed by atoms with Crippen LogP contribution < -0.4 is 4.72 Å². The fourth-order valence-corrected chi connectivity index (χ4v) is 3.78. The highest BCUT2D eigenvalue weighted by molar-refractivity contribution is 9.10. The van der Waals surface area contributed by atoms with Crippen LogP contribution in [0.1, 0.15) is 13.3 Å². The third-order valence-corrected chi connectivity index (χ3v) is 4.67. The van der Waals surface area contributed by atoms with Crippen LogP contribution in [0, 0.1) is 11.6 Å². The van der Waals surface area contributed by atoms with E-state index >= 15 is 0 Å². The molecule has 2 N–H and O–H groups in total. The van der Waals surface area contributed by atoms with Crippen LogP contribution in [0.5, 0.6) is 0 Å². The Balaban J connectivity index is 3.25. The van der Waals surface area contributed by atoms with Crippen molar-refractivity contribution in [2.24, 2.45) is 0 Å². The van der Waals surface area contributed by atoms with Crippen molar-refractivity contribution in [1.82, 2.24) is 4.72 Å². The Morgan fingerprint density at radius 1 is 1.47 bits per heavy atom. The molecule has 19 heavy (non-hydrogen) atoms. The molecule has 9 heteroatoms. The molecule has 0 saturated heterocycles. The van der Waals surface area contributed by atoms with E-state index in [1.807, 2.05) is 4.72 Å². The van der Waals surface area contributed by atoms with E-state index in [4.69, 9.17) is 5.11 Å². The van der Waals surface area contributed by atoms with Gasteiger partial charge in [0.05, 0.1) is 0 Å². The van der Waals surface area contributed by atoms with E-state index in [1.165, 1.54) is 6.92 Å². The van der Waals surface area contributed by atoms with Gasteiger partial charge in [-0.05, 0) is 28.4 Å². The monoisotopic (exact) mass is 357 g/mol. The maximum atomic E-state index is 13.5. The minimum atomic E-state index is -4.41. The number of hydrogen-bond donors (Lipinski definition) is 2. The van der Waals surface area contributed by atoms with Crippen molar-refractivity contribution in [3.05, 3.63) is 28.2 Å². The zero-order valence-electron chi connectivity index (χ0n) is 9.65. The average molecular weight is 358 g/mol. The predicted octanol–water partition coefficient (Wildman–Crippen LogP) is 1.87. The van der Waals surface area contributed by atoms with Crippen molar-refractivity contribution in [3.8, 4) is 0 Å². The highest BCUT2D eigenvalue weighted by atomic mass is 79.9. The number of aliphatic carboxylic acids is 1. The number of sulfonamides is 1. The summed E-state index contributed by atoms with van der Waals surface area (Å²) in [7, 11) is -4.41.